The maximum atomic E-state index is 12.2. The number of fused-ring (bicyclic) bond motifs is 1. The average Bonchev–Trinajstić information content (AvgIpc) is 2.84. The third-order valence-corrected chi connectivity index (χ3v) is 3.70. The van der Waals surface area contributed by atoms with Crippen molar-refractivity contribution in [1.29, 1.82) is 0 Å². The van der Waals surface area contributed by atoms with Gasteiger partial charge in [0.15, 0.2) is 18.3 Å². The molecule has 0 atom stereocenters. The lowest BCUT2D eigenvalue weighted by Crippen LogP contribution is -2.21. The molecule has 0 fully saturated rings. The number of carbonyl (C=O) groups excluding carboxylic acids is 2. The smallest absolute Gasteiger partial charge is 0.244 e. The van der Waals surface area contributed by atoms with Crippen LogP contribution in [-0.4, -0.2) is 35.0 Å². The van der Waals surface area contributed by atoms with Crippen molar-refractivity contribution < 1.29 is 19.4 Å². The van der Waals surface area contributed by atoms with Crippen LogP contribution in [0.4, 0.5) is 11.5 Å². The van der Waals surface area contributed by atoms with Gasteiger partial charge >= 0.3 is 0 Å². The third kappa shape index (κ3) is 3.44. The van der Waals surface area contributed by atoms with Crippen LogP contribution in [0.1, 0.15) is 23.0 Å². The van der Waals surface area contributed by atoms with Crippen LogP contribution in [0.2, 0.25) is 0 Å². The molecule has 2 aromatic rings. The van der Waals surface area contributed by atoms with Crippen LogP contribution in [-0.2, 0) is 27.7 Å². The molecule has 0 spiro atoms. The molecular formula is C16H18N4O4. The van der Waals surface area contributed by atoms with E-state index in [0.29, 0.717) is 11.3 Å². The number of rotatable bonds is 4. The zero-order valence-electron chi connectivity index (χ0n) is 13.5. The van der Waals surface area contributed by atoms with Crippen molar-refractivity contribution in [2.75, 3.05) is 24.0 Å². The van der Waals surface area contributed by atoms with E-state index in [1.807, 2.05) is 7.05 Å². The summed E-state index contributed by atoms with van der Waals surface area (Å²) < 4.78 is 1.72. The molecule has 0 aliphatic carbocycles. The van der Waals surface area contributed by atoms with E-state index in [0.717, 1.165) is 11.5 Å². The Labute approximate surface area is 138 Å². The number of nitrogens with zero attached hydrogens (tertiary/aromatic N) is 3. The molecule has 24 heavy (non-hydrogen) atoms. The number of amides is 1. The first-order chi connectivity index (χ1) is 11.5. The molecule has 1 aliphatic heterocycles. The summed E-state index contributed by atoms with van der Waals surface area (Å²) >= 11 is 0. The summed E-state index contributed by atoms with van der Waals surface area (Å²) in [7, 11) is 1.83. The second kappa shape index (κ2) is 6.81. The Hall–Kier alpha value is -2.71. The first-order valence-corrected chi connectivity index (χ1v) is 7.45. The SMILES string of the molecule is CC(=O)c1ccc(NC(=O)Cn2cnc3c2COOCN3C)cc1. The van der Waals surface area contributed by atoms with Gasteiger partial charge in [-0.3, -0.25) is 9.59 Å². The topological polar surface area (TPSA) is 85.7 Å². The highest BCUT2D eigenvalue weighted by Gasteiger charge is 2.20. The monoisotopic (exact) mass is 330 g/mol. The Bertz CT molecular complexity index is 754. The van der Waals surface area contributed by atoms with Gasteiger partial charge in [-0.25, -0.2) is 14.8 Å². The largest absolute Gasteiger partial charge is 0.332 e. The number of benzene rings is 1. The van der Waals surface area contributed by atoms with Crippen molar-refractivity contribution in [3.05, 3.63) is 41.9 Å². The Morgan fingerprint density at radius 2 is 2.00 bits per heavy atom. The normalized spacial score (nSPS) is 14.0. The minimum atomic E-state index is -0.196. The Morgan fingerprint density at radius 1 is 1.25 bits per heavy atom. The van der Waals surface area contributed by atoms with Crippen LogP contribution in [0.5, 0.6) is 0 Å². The van der Waals surface area contributed by atoms with Crippen molar-refractivity contribution in [3.8, 4) is 0 Å². The van der Waals surface area contributed by atoms with Gasteiger partial charge in [0.1, 0.15) is 13.2 Å². The Balaban J connectivity index is 1.68. The van der Waals surface area contributed by atoms with E-state index in [2.05, 4.69) is 10.3 Å². The van der Waals surface area contributed by atoms with Crippen LogP contribution in [0.3, 0.4) is 0 Å². The van der Waals surface area contributed by atoms with Gasteiger partial charge in [0, 0.05) is 18.3 Å². The molecule has 3 rings (SSSR count). The quantitative estimate of drug-likeness (QED) is 0.677. The van der Waals surface area contributed by atoms with Crippen LogP contribution in [0, 0.1) is 0 Å². The van der Waals surface area contributed by atoms with Crippen LogP contribution in [0.15, 0.2) is 30.6 Å². The molecule has 0 bridgehead atoms. The summed E-state index contributed by atoms with van der Waals surface area (Å²) in [6.45, 7) is 2.11. The van der Waals surface area contributed by atoms with Gasteiger partial charge in [-0.2, -0.15) is 0 Å². The third-order valence-electron chi connectivity index (χ3n) is 3.70. The van der Waals surface area contributed by atoms with Crippen molar-refractivity contribution >= 4 is 23.2 Å². The fourth-order valence-corrected chi connectivity index (χ4v) is 2.42. The Morgan fingerprint density at radius 3 is 2.71 bits per heavy atom. The molecule has 0 radical (unpaired) electrons. The molecule has 2 heterocycles. The summed E-state index contributed by atoms with van der Waals surface area (Å²) in [5.74, 6) is 0.519. The molecule has 0 saturated carbocycles. The molecule has 126 valence electrons. The van der Waals surface area contributed by atoms with Gasteiger partial charge in [-0.1, -0.05) is 0 Å². The summed E-state index contributed by atoms with van der Waals surface area (Å²) in [6.07, 6.45) is 1.61. The van der Waals surface area contributed by atoms with E-state index in [-0.39, 0.29) is 31.6 Å². The average molecular weight is 330 g/mol. The van der Waals surface area contributed by atoms with E-state index in [1.54, 1.807) is 40.1 Å². The maximum Gasteiger partial charge on any atom is 0.244 e. The molecule has 1 N–H and O–H groups in total. The second-order valence-corrected chi connectivity index (χ2v) is 5.53. The minimum Gasteiger partial charge on any atom is -0.332 e. The van der Waals surface area contributed by atoms with Crippen molar-refractivity contribution in [2.45, 2.75) is 20.1 Å². The number of hydrogen-bond donors (Lipinski definition) is 1. The summed E-state index contributed by atoms with van der Waals surface area (Å²) in [4.78, 5) is 39.6. The van der Waals surface area contributed by atoms with E-state index in [9.17, 15) is 9.59 Å². The standard InChI is InChI=1S/C16H18N4O4/c1-11(21)12-3-5-13(6-4-12)18-15(22)7-20-9-17-16-14(20)8-23-24-10-19(16)2/h3-6,9H,7-8,10H2,1-2H3,(H,18,22). The molecule has 0 saturated heterocycles. The molecule has 1 aromatic carbocycles. The fourth-order valence-electron chi connectivity index (χ4n) is 2.42. The van der Waals surface area contributed by atoms with Gasteiger partial charge in [-0.15, -0.1) is 0 Å². The number of imidazole rings is 1. The second-order valence-electron chi connectivity index (χ2n) is 5.53. The molecule has 1 amide bonds. The van der Waals surface area contributed by atoms with E-state index in [1.165, 1.54) is 6.92 Å². The van der Waals surface area contributed by atoms with Crippen molar-refractivity contribution in [3.63, 3.8) is 0 Å². The number of nitrogens with one attached hydrogen (secondary N) is 1. The highest BCUT2D eigenvalue weighted by Crippen LogP contribution is 2.21. The summed E-state index contributed by atoms with van der Waals surface area (Å²) in [6, 6.07) is 6.77. The number of anilines is 2. The predicted octanol–water partition coefficient (Wildman–Crippen LogP) is 1.58. The predicted molar refractivity (Wildman–Crippen MR) is 86.4 cm³/mol. The van der Waals surface area contributed by atoms with Gasteiger partial charge in [0.05, 0.1) is 12.0 Å². The molecule has 1 aromatic heterocycles. The highest BCUT2D eigenvalue weighted by molar-refractivity contribution is 5.95. The molecular weight excluding hydrogens is 312 g/mol. The Kier molecular flexibility index (Phi) is 4.59. The maximum absolute atomic E-state index is 12.2. The lowest BCUT2D eigenvalue weighted by molar-refractivity contribution is -0.300. The first-order valence-electron chi connectivity index (χ1n) is 7.45. The van der Waals surface area contributed by atoms with Crippen LogP contribution >= 0.6 is 0 Å². The molecule has 1 aliphatic rings. The molecule has 8 heteroatoms. The van der Waals surface area contributed by atoms with Crippen molar-refractivity contribution in [2.24, 2.45) is 0 Å². The summed E-state index contributed by atoms with van der Waals surface area (Å²) in [5.41, 5.74) is 2.01. The number of hydrogen-bond acceptors (Lipinski definition) is 6. The number of aromatic nitrogens is 2. The minimum absolute atomic E-state index is 0.0136. The zero-order chi connectivity index (χ0) is 17.1. The van der Waals surface area contributed by atoms with Gasteiger partial charge in [0.2, 0.25) is 5.91 Å². The zero-order valence-corrected chi connectivity index (χ0v) is 13.5. The fraction of sp³-hybridized carbons (Fsp3) is 0.312. The van der Waals surface area contributed by atoms with Crippen LogP contribution < -0.4 is 10.2 Å². The summed E-state index contributed by atoms with van der Waals surface area (Å²) in [5, 5.41) is 2.80. The number of ketones is 1. The van der Waals surface area contributed by atoms with E-state index >= 15 is 0 Å². The molecule has 8 nitrogen and oxygen atoms in total. The number of carbonyl (C=O) groups is 2. The van der Waals surface area contributed by atoms with Gasteiger partial charge in [0.25, 0.3) is 0 Å². The van der Waals surface area contributed by atoms with E-state index < -0.39 is 0 Å². The lowest BCUT2D eigenvalue weighted by atomic mass is 10.1. The van der Waals surface area contributed by atoms with Gasteiger partial charge in [-0.05, 0) is 31.2 Å². The lowest BCUT2D eigenvalue weighted by Gasteiger charge is -2.12. The van der Waals surface area contributed by atoms with Crippen LogP contribution in [0.25, 0.3) is 0 Å². The van der Waals surface area contributed by atoms with Gasteiger partial charge < -0.3 is 14.8 Å². The van der Waals surface area contributed by atoms with Crippen molar-refractivity contribution in [1.82, 2.24) is 9.55 Å². The number of Topliss-reactive ketones (excluding diaryl/α,β-unsaturated/α-hetero) is 1. The van der Waals surface area contributed by atoms with E-state index in [4.69, 9.17) is 9.78 Å². The first kappa shape index (κ1) is 16.2. The molecule has 0 unspecified atom stereocenters. The highest BCUT2D eigenvalue weighted by atomic mass is 17.2.